The normalized spacial score (nSPS) is 24.8. The molecule has 0 spiro atoms. The number of carbonyl (C=O) groups excluding carboxylic acids is 1. The number of nitrogens with zero attached hydrogens (tertiary/aromatic N) is 1. The number of aromatic hydroxyl groups is 1. The molecule has 0 aromatic heterocycles. The summed E-state index contributed by atoms with van der Waals surface area (Å²) < 4.78 is 25.8. The van der Waals surface area contributed by atoms with E-state index < -0.39 is 26.1 Å². The SMILES string of the molecule is CC1(C)CCC2=C(C1=O)C(c1cc([N+](=O)[O-])cc(Br)c1O)C1=C(CCS1(=O)=O)N2. The van der Waals surface area contributed by atoms with Crippen molar-refractivity contribution in [2.24, 2.45) is 5.41 Å². The first-order valence-electron chi connectivity index (χ1n) is 9.11. The van der Waals surface area contributed by atoms with Gasteiger partial charge in [-0.25, -0.2) is 8.42 Å². The van der Waals surface area contributed by atoms with Crippen LogP contribution in [0, 0.1) is 15.5 Å². The molecule has 0 saturated carbocycles. The Kier molecular flexibility index (Phi) is 4.43. The smallest absolute Gasteiger partial charge is 0.271 e. The molecular weight excluding hydrogens is 464 g/mol. The Morgan fingerprint density at radius 1 is 1.28 bits per heavy atom. The summed E-state index contributed by atoms with van der Waals surface area (Å²) in [7, 11) is -3.68. The number of benzene rings is 1. The lowest BCUT2D eigenvalue weighted by atomic mass is 9.69. The quantitative estimate of drug-likeness (QED) is 0.488. The number of nitro groups is 1. The molecule has 1 aromatic rings. The van der Waals surface area contributed by atoms with Gasteiger partial charge in [0.2, 0.25) is 0 Å². The van der Waals surface area contributed by atoms with E-state index in [0.29, 0.717) is 24.2 Å². The maximum Gasteiger partial charge on any atom is 0.271 e. The average molecular weight is 483 g/mol. The minimum absolute atomic E-state index is 0.0324. The van der Waals surface area contributed by atoms with Crippen LogP contribution in [0.1, 0.15) is 44.6 Å². The number of nitro benzene ring substituents is 1. The van der Waals surface area contributed by atoms with Gasteiger partial charge >= 0.3 is 0 Å². The lowest BCUT2D eigenvalue weighted by Crippen LogP contribution is -2.39. The van der Waals surface area contributed by atoms with Crippen LogP contribution in [0.15, 0.2) is 38.5 Å². The predicted molar refractivity (Wildman–Crippen MR) is 109 cm³/mol. The molecule has 4 rings (SSSR count). The standard InChI is InChI=1S/C19H19BrN2O6S/c1-19(2)5-3-12-15(18(19)24)14(17-13(21-12)4-6-29(17,27)28)10-7-9(22(25)26)8-11(20)16(10)23/h7-8,14,21,23H,3-6H2,1-2H3. The van der Waals surface area contributed by atoms with E-state index in [9.17, 15) is 28.4 Å². The molecule has 29 heavy (non-hydrogen) atoms. The lowest BCUT2D eigenvalue weighted by Gasteiger charge is -2.39. The van der Waals surface area contributed by atoms with E-state index in [4.69, 9.17) is 0 Å². The Balaban J connectivity index is 2.04. The molecule has 2 heterocycles. The van der Waals surface area contributed by atoms with Gasteiger partial charge in [-0.1, -0.05) is 13.8 Å². The van der Waals surface area contributed by atoms with Gasteiger partial charge in [0.1, 0.15) is 5.75 Å². The third-order valence-corrected chi connectivity index (χ3v) is 8.39. The van der Waals surface area contributed by atoms with Crippen molar-refractivity contribution < 1.29 is 23.2 Å². The summed E-state index contributed by atoms with van der Waals surface area (Å²) >= 11 is 3.12. The average Bonchev–Trinajstić information content (AvgIpc) is 2.94. The Bertz CT molecular complexity index is 1150. The van der Waals surface area contributed by atoms with Gasteiger partial charge in [0.15, 0.2) is 15.6 Å². The van der Waals surface area contributed by atoms with Crippen LogP contribution in [-0.4, -0.2) is 30.0 Å². The monoisotopic (exact) mass is 482 g/mol. The molecule has 0 radical (unpaired) electrons. The molecule has 2 aliphatic heterocycles. The van der Waals surface area contributed by atoms with Crippen LogP contribution in [0.4, 0.5) is 5.69 Å². The van der Waals surface area contributed by atoms with Gasteiger partial charge in [-0.3, -0.25) is 14.9 Å². The third kappa shape index (κ3) is 3.00. The molecule has 0 bridgehead atoms. The number of sulfone groups is 1. The number of halogens is 1. The summed E-state index contributed by atoms with van der Waals surface area (Å²) in [5.74, 6) is -1.70. The maximum absolute atomic E-state index is 13.3. The van der Waals surface area contributed by atoms with E-state index in [1.807, 2.05) is 0 Å². The van der Waals surface area contributed by atoms with Crippen molar-refractivity contribution in [2.45, 2.75) is 39.0 Å². The minimum Gasteiger partial charge on any atom is -0.506 e. The number of phenolic OH excluding ortho intramolecular Hbond substituents is 1. The molecule has 154 valence electrons. The van der Waals surface area contributed by atoms with E-state index >= 15 is 0 Å². The maximum atomic E-state index is 13.3. The summed E-state index contributed by atoms with van der Waals surface area (Å²) in [4.78, 5) is 24.1. The second-order valence-electron chi connectivity index (χ2n) is 8.20. The van der Waals surface area contributed by atoms with Crippen molar-refractivity contribution >= 4 is 37.2 Å². The first kappa shape index (κ1) is 20.1. The van der Waals surface area contributed by atoms with Crippen molar-refractivity contribution in [3.05, 3.63) is 54.2 Å². The summed E-state index contributed by atoms with van der Waals surface area (Å²) in [6.07, 6.45) is 1.43. The Morgan fingerprint density at radius 3 is 2.62 bits per heavy atom. The minimum atomic E-state index is -3.68. The van der Waals surface area contributed by atoms with Crippen LogP contribution in [0.5, 0.6) is 5.75 Å². The topological polar surface area (TPSA) is 127 Å². The number of nitrogens with one attached hydrogen (secondary N) is 1. The predicted octanol–water partition coefficient (Wildman–Crippen LogP) is 3.42. The van der Waals surface area contributed by atoms with Crippen LogP contribution < -0.4 is 5.32 Å². The number of hydrogen-bond donors (Lipinski definition) is 2. The highest BCUT2D eigenvalue weighted by Gasteiger charge is 2.49. The van der Waals surface area contributed by atoms with Crippen LogP contribution in [0.3, 0.4) is 0 Å². The lowest BCUT2D eigenvalue weighted by molar-refractivity contribution is -0.385. The molecule has 10 heteroatoms. The van der Waals surface area contributed by atoms with E-state index in [-0.39, 0.29) is 49.9 Å². The summed E-state index contributed by atoms with van der Waals surface area (Å²) in [5, 5.41) is 25.2. The zero-order valence-electron chi connectivity index (χ0n) is 15.8. The van der Waals surface area contributed by atoms with Crippen molar-refractivity contribution in [3.63, 3.8) is 0 Å². The largest absolute Gasteiger partial charge is 0.506 e. The van der Waals surface area contributed by atoms with Crippen LogP contribution in [-0.2, 0) is 14.6 Å². The molecule has 8 nitrogen and oxygen atoms in total. The number of phenols is 1. The van der Waals surface area contributed by atoms with Crippen LogP contribution >= 0.6 is 15.9 Å². The number of non-ortho nitro benzene ring substituents is 1. The second-order valence-corrected chi connectivity index (χ2v) is 11.1. The summed E-state index contributed by atoms with van der Waals surface area (Å²) in [6, 6.07) is 2.31. The molecular formula is C19H19BrN2O6S. The molecule has 3 aliphatic rings. The number of dihydropyridines is 1. The number of Topliss-reactive ketones (excluding diaryl/α,β-unsaturated/α-hetero) is 1. The van der Waals surface area contributed by atoms with Gasteiger partial charge in [0.25, 0.3) is 5.69 Å². The van der Waals surface area contributed by atoms with Gasteiger partial charge in [-0.05, 0) is 28.8 Å². The molecule has 1 aromatic carbocycles. The van der Waals surface area contributed by atoms with Gasteiger partial charge in [-0.2, -0.15) is 0 Å². The van der Waals surface area contributed by atoms with Crippen LogP contribution in [0.25, 0.3) is 0 Å². The fourth-order valence-corrected chi connectivity index (χ4v) is 6.59. The molecule has 1 aliphatic carbocycles. The summed E-state index contributed by atoms with van der Waals surface area (Å²) in [5.41, 5.74) is 0.454. The Labute approximate surface area is 175 Å². The first-order chi connectivity index (χ1) is 13.4. The van der Waals surface area contributed by atoms with Gasteiger partial charge in [-0.15, -0.1) is 0 Å². The van der Waals surface area contributed by atoms with Gasteiger partial charge in [0, 0.05) is 46.5 Å². The molecule has 1 atom stereocenters. The van der Waals surface area contributed by atoms with E-state index in [0.717, 1.165) is 12.1 Å². The van der Waals surface area contributed by atoms with Crippen LogP contribution in [0.2, 0.25) is 0 Å². The van der Waals surface area contributed by atoms with E-state index in [1.54, 1.807) is 13.8 Å². The summed E-state index contributed by atoms with van der Waals surface area (Å²) in [6.45, 7) is 3.60. The highest BCUT2D eigenvalue weighted by Crippen LogP contribution is 2.53. The number of carbonyl (C=O) groups is 1. The third-order valence-electron chi connectivity index (χ3n) is 5.89. The van der Waals surface area contributed by atoms with Gasteiger partial charge < -0.3 is 10.4 Å². The highest BCUT2D eigenvalue weighted by atomic mass is 79.9. The second kappa shape index (κ2) is 6.40. The highest BCUT2D eigenvalue weighted by molar-refractivity contribution is 9.10. The fourth-order valence-electron chi connectivity index (χ4n) is 4.30. The number of hydrogen-bond acceptors (Lipinski definition) is 7. The fraction of sp³-hybridized carbons (Fsp3) is 0.421. The van der Waals surface area contributed by atoms with Crippen molar-refractivity contribution in [1.82, 2.24) is 5.32 Å². The zero-order valence-corrected chi connectivity index (χ0v) is 18.2. The number of allylic oxidation sites excluding steroid dienone is 4. The van der Waals surface area contributed by atoms with Gasteiger partial charge in [0.05, 0.1) is 26.0 Å². The van der Waals surface area contributed by atoms with E-state index in [1.165, 1.54) is 0 Å². The molecule has 1 unspecified atom stereocenters. The van der Waals surface area contributed by atoms with Crippen molar-refractivity contribution in [3.8, 4) is 5.75 Å². The Hall–Kier alpha value is -2.20. The number of ketones is 1. The first-order valence-corrected chi connectivity index (χ1v) is 11.6. The molecule has 0 saturated heterocycles. The Morgan fingerprint density at radius 2 is 1.97 bits per heavy atom. The number of rotatable bonds is 2. The van der Waals surface area contributed by atoms with Crippen molar-refractivity contribution in [2.75, 3.05) is 5.75 Å². The molecule has 0 fully saturated rings. The zero-order chi connectivity index (χ0) is 21.3. The molecule has 2 N–H and O–H groups in total. The molecule has 0 amide bonds. The van der Waals surface area contributed by atoms with E-state index in [2.05, 4.69) is 21.2 Å². The van der Waals surface area contributed by atoms with Crippen molar-refractivity contribution in [1.29, 1.82) is 0 Å².